The van der Waals surface area contributed by atoms with Crippen molar-refractivity contribution >= 4 is 11.7 Å². The summed E-state index contributed by atoms with van der Waals surface area (Å²) in [6.45, 7) is 6.16. The highest BCUT2D eigenvalue weighted by Gasteiger charge is 2.54. The number of fused-ring (bicyclic) bond motifs is 1. The molecule has 2 fully saturated rings. The number of ether oxygens (including phenoxy) is 2. The number of pyridine rings is 1. The zero-order valence-electron chi connectivity index (χ0n) is 26.5. The maximum atomic E-state index is 14.2. The summed E-state index contributed by atoms with van der Waals surface area (Å²) < 4.78 is 50.1. The summed E-state index contributed by atoms with van der Waals surface area (Å²) in [5.74, 6) is 0.669. The van der Waals surface area contributed by atoms with Crippen LogP contribution >= 0.6 is 0 Å². The second-order valence-corrected chi connectivity index (χ2v) is 11.4. The van der Waals surface area contributed by atoms with Gasteiger partial charge in [-0.2, -0.15) is 0 Å². The average molecular weight is 565 g/mol. The molecule has 216 valence electrons. The van der Waals surface area contributed by atoms with Crippen LogP contribution in [0.3, 0.4) is 0 Å². The molecule has 41 heavy (non-hydrogen) atoms. The fourth-order valence-corrected chi connectivity index (χ4v) is 6.16. The van der Waals surface area contributed by atoms with Gasteiger partial charge in [0.1, 0.15) is 29.7 Å². The van der Waals surface area contributed by atoms with E-state index >= 15 is 0 Å². The smallest absolute Gasteiger partial charge is 0.282 e. The van der Waals surface area contributed by atoms with E-state index in [0.29, 0.717) is 37.6 Å². The van der Waals surface area contributed by atoms with Crippen LogP contribution in [-0.4, -0.2) is 81.2 Å². The molecule has 1 aliphatic carbocycles. The van der Waals surface area contributed by atoms with Gasteiger partial charge in [-0.05, 0) is 64.9 Å². The molecule has 4 heterocycles. The Balaban J connectivity index is 1.11. The van der Waals surface area contributed by atoms with Crippen molar-refractivity contribution < 1.29 is 22.8 Å². The van der Waals surface area contributed by atoms with Crippen molar-refractivity contribution in [2.45, 2.75) is 58.7 Å². The maximum absolute atomic E-state index is 14.2. The summed E-state index contributed by atoms with van der Waals surface area (Å²) in [7, 11) is 0. The minimum Gasteiger partial charge on any atom is -0.490 e. The Morgan fingerprint density at radius 1 is 1.24 bits per heavy atom. The monoisotopic (exact) mass is 564 g/mol. The van der Waals surface area contributed by atoms with Crippen molar-refractivity contribution in [3.05, 3.63) is 59.4 Å². The highest BCUT2D eigenvalue weighted by atomic mass is 19.1. The van der Waals surface area contributed by atoms with Gasteiger partial charge < -0.3 is 24.2 Å². The summed E-state index contributed by atoms with van der Waals surface area (Å²) in [5.41, 5.74) is 1.92. The number of likely N-dealkylation sites (N-methyl/N-ethyl adjacent to an activating group) is 1. The molecule has 6 rings (SSSR count). The molecule has 10 nitrogen and oxygen atoms in total. The SMILES string of the molecule is [2H]C([2H])([2H])N1CCc2nccc(OC3CC4(C3)CN(c3ncnnc3Oc3ccc(F)cc3C(=O)N(CC)C(C)C)C4)c2C1. The van der Waals surface area contributed by atoms with Crippen LogP contribution in [0.4, 0.5) is 10.2 Å². The highest BCUT2D eigenvalue weighted by molar-refractivity contribution is 5.97. The lowest BCUT2D eigenvalue weighted by Gasteiger charge is -2.58. The molecule has 1 saturated carbocycles. The number of aromatic nitrogens is 4. The lowest BCUT2D eigenvalue weighted by molar-refractivity contribution is -0.0352. The summed E-state index contributed by atoms with van der Waals surface area (Å²) in [5, 5.41) is 8.05. The van der Waals surface area contributed by atoms with Gasteiger partial charge in [-0.15, -0.1) is 10.2 Å². The van der Waals surface area contributed by atoms with E-state index in [1.165, 1.54) is 29.4 Å². The number of hydrogen-bond donors (Lipinski definition) is 0. The number of nitrogens with zero attached hydrogens (tertiary/aromatic N) is 7. The minimum absolute atomic E-state index is 0.0151. The lowest BCUT2D eigenvalue weighted by atomic mass is 9.61. The highest BCUT2D eigenvalue weighted by Crippen LogP contribution is 2.52. The Morgan fingerprint density at radius 2 is 2.07 bits per heavy atom. The molecule has 0 atom stereocenters. The Labute approximate surface area is 243 Å². The molecule has 0 N–H and O–H groups in total. The molecule has 0 radical (unpaired) electrons. The zero-order valence-corrected chi connectivity index (χ0v) is 23.5. The standard InChI is InChI=1S/C30H36FN7O3/c1-5-38(19(2)3)29(39)22-12-20(31)6-7-25(22)41-28-27(33-18-34-35-28)37-16-30(17-37)13-21(14-30)40-26-8-10-32-24-9-11-36(4)15-23(24)26/h6-8,10,12,18-19,21H,5,9,11,13-17H2,1-4H3/i4D3. The van der Waals surface area contributed by atoms with Gasteiger partial charge >= 0.3 is 0 Å². The van der Waals surface area contributed by atoms with Gasteiger partial charge in [-0.1, -0.05) is 0 Å². The molecule has 1 aromatic carbocycles. The van der Waals surface area contributed by atoms with E-state index in [1.807, 2.05) is 26.8 Å². The molecule has 0 bridgehead atoms. The number of halogens is 1. The second kappa shape index (κ2) is 10.8. The van der Waals surface area contributed by atoms with Crippen LogP contribution in [0, 0.1) is 11.2 Å². The number of benzene rings is 1. The Kier molecular flexibility index (Phi) is 6.30. The molecule has 0 unspecified atom stereocenters. The quantitative estimate of drug-likeness (QED) is 0.401. The van der Waals surface area contributed by atoms with Crippen molar-refractivity contribution in [3.8, 4) is 17.4 Å². The van der Waals surface area contributed by atoms with E-state index < -0.39 is 12.8 Å². The van der Waals surface area contributed by atoms with E-state index in [9.17, 15) is 9.18 Å². The first kappa shape index (κ1) is 23.8. The molecule has 2 aromatic heterocycles. The third-order valence-electron chi connectivity index (χ3n) is 8.21. The fraction of sp³-hybridized carbons (Fsp3) is 0.500. The first-order valence-electron chi connectivity index (χ1n) is 15.6. The van der Waals surface area contributed by atoms with Crippen molar-refractivity contribution in [1.29, 1.82) is 0 Å². The molecular weight excluding hydrogens is 525 g/mol. The van der Waals surface area contributed by atoms with Gasteiger partial charge in [-0.3, -0.25) is 9.78 Å². The summed E-state index contributed by atoms with van der Waals surface area (Å²) in [4.78, 5) is 27.3. The van der Waals surface area contributed by atoms with E-state index in [4.69, 9.17) is 13.6 Å². The third-order valence-corrected chi connectivity index (χ3v) is 8.21. The Morgan fingerprint density at radius 3 is 2.83 bits per heavy atom. The third kappa shape index (κ3) is 5.30. The molecule has 3 aromatic rings. The van der Waals surface area contributed by atoms with Gasteiger partial charge in [0, 0.05) is 72.2 Å². The average Bonchev–Trinajstić information content (AvgIpc) is 2.94. The number of carbonyl (C=O) groups excluding carboxylic acids is 1. The summed E-state index contributed by atoms with van der Waals surface area (Å²) in [6, 6.07) is 5.61. The number of anilines is 1. The number of amides is 1. The fourth-order valence-electron chi connectivity index (χ4n) is 6.16. The molecule has 1 amide bonds. The number of hydrogen-bond acceptors (Lipinski definition) is 9. The molecule has 11 heteroatoms. The van der Waals surface area contributed by atoms with Crippen LogP contribution in [0.15, 0.2) is 36.8 Å². The number of carbonyl (C=O) groups is 1. The van der Waals surface area contributed by atoms with Crippen LogP contribution in [0.2, 0.25) is 0 Å². The summed E-state index contributed by atoms with van der Waals surface area (Å²) >= 11 is 0. The van der Waals surface area contributed by atoms with Crippen molar-refractivity contribution in [1.82, 2.24) is 30.0 Å². The van der Waals surface area contributed by atoms with Crippen LogP contribution in [0.25, 0.3) is 0 Å². The van der Waals surface area contributed by atoms with Crippen LogP contribution in [-0.2, 0) is 13.0 Å². The molecule has 1 saturated heterocycles. The van der Waals surface area contributed by atoms with Gasteiger partial charge in [0.25, 0.3) is 11.8 Å². The summed E-state index contributed by atoms with van der Waals surface area (Å²) in [6.07, 6.45) is 5.36. The zero-order chi connectivity index (χ0) is 31.2. The normalized spacial score (nSPS) is 19.4. The Bertz CT molecular complexity index is 1540. The van der Waals surface area contributed by atoms with Gasteiger partial charge in [0.15, 0.2) is 5.82 Å². The molecule has 3 aliphatic rings. The van der Waals surface area contributed by atoms with Crippen molar-refractivity contribution in [3.63, 3.8) is 0 Å². The molecule has 1 spiro atoms. The van der Waals surface area contributed by atoms with Crippen LogP contribution in [0.1, 0.15) is 59.3 Å². The van der Waals surface area contributed by atoms with E-state index in [1.54, 1.807) is 11.1 Å². The second-order valence-electron chi connectivity index (χ2n) is 11.4. The minimum atomic E-state index is -2.16. The van der Waals surface area contributed by atoms with Gasteiger partial charge in [0.2, 0.25) is 0 Å². The largest absolute Gasteiger partial charge is 0.490 e. The molecular formula is C30H36FN7O3. The van der Waals surface area contributed by atoms with Crippen LogP contribution in [0.5, 0.6) is 17.4 Å². The lowest BCUT2D eigenvalue weighted by Crippen LogP contribution is -2.65. The van der Waals surface area contributed by atoms with Crippen molar-refractivity contribution in [2.24, 2.45) is 5.41 Å². The van der Waals surface area contributed by atoms with Crippen molar-refractivity contribution in [2.75, 3.05) is 38.1 Å². The maximum Gasteiger partial charge on any atom is 0.282 e. The predicted octanol–water partition coefficient (Wildman–Crippen LogP) is 4.10. The number of rotatable bonds is 8. The van der Waals surface area contributed by atoms with E-state index in [2.05, 4.69) is 25.1 Å². The first-order chi connectivity index (χ1) is 21.0. The predicted molar refractivity (Wildman–Crippen MR) is 151 cm³/mol. The van der Waals surface area contributed by atoms with Gasteiger partial charge in [-0.25, -0.2) is 9.37 Å². The Hall–Kier alpha value is -3.86. The van der Waals surface area contributed by atoms with E-state index in [-0.39, 0.29) is 40.7 Å². The molecule has 2 aliphatic heterocycles. The van der Waals surface area contributed by atoms with E-state index in [0.717, 1.165) is 37.2 Å². The van der Waals surface area contributed by atoms with Gasteiger partial charge in [0.05, 0.1) is 5.56 Å². The first-order valence-corrected chi connectivity index (χ1v) is 14.1. The van der Waals surface area contributed by atoms with Crippen LogP contribution < -0.4 is 14.4 Å². The topological polar surface area (TPSA) is 96.8 Å².